The van der Waals surface area contributed by atoms with Gasteiger partial charge in [-0.15, -0.1) is 0 Å². The Morgan fingerprint density at radius 1 is 1.32 bits per heavy atom. The molecule has 0 aromatic heterocycles. The van der Waals surface area contributed by atoms with Crippen molar-refractivity contribution in [2.24, 2.45) is 11.7 Å². The summed E-state index contributed by atoms with van der Waals surface area (Å²) in [5, 5.41) is 3.42. The molecule has 0 heterocycles. The van der Waals surface area contributed by atoms with Crippen molar-refractivity contribution in [2.75, 3.05) is 7.05 Å². The molecule has 0 fully saturated rings. The molecule has 7 heteroatoms. The summed E-state index contributed by atoms with van der Waals surface area (Å²) in [5.74, 6) is -0.213. The van der Waals surface area contributed by atoms with Crippen LogP contribution in [0.3, 0.4) is 0 Å². The molecule has 122 valence electrons. The van der Waals surface area contributed by atoms with Gasteiger partial charge in [0.05, 0.1) is 10.0 Å². The standard InChI is InChI=1S/C15H21Cl2N3O2/c1-4-9(2)13(19-15(18)22)14(21)20(3)8-10-5-6-11(16)12(17)7-10/h5-7,9,13H,4,8H2,1-3H3,(H3,18,19,22). The van der Waals surface area contributed by atoms with Gasteiger partial charge in [0.2, 0.25) is 5.91 Å². The summed E-state index contributed by atoms with van der Waals surface area (Å²) in [6.45, 7) is 4.21. The van der Waals surface area contributed by atoms with E-state index in [1.165, 1.54) is 4.90 Å². The molecule has 5 nitrogen and oxygen atoms in total. The Bertz CT molecular complexity index is 552. The summed E-state index contributed by atoms with van der Waals surface area (Å²) in [7, 11) is 1.67. The van der Waals surface area contributed by atoms with Crippen molar-refractivity contribution in [1.82, 2.24) is 10.2 Å². The van der Waals surface area contributed by atoms with Gasteiger partial charge in [0.15, 0.2) is 0 Å². The number of carbonyl (C=O) groups is 2. The van der Waals surface area contributed by atoms with Gasteiger partial charge < -0.3 is 16.0 Å². The summed E-state index contributed by atoms with van der Waals surface area (Å²) in [4.78, 5) is 25.2. The minimum Gasteiger partial charge on any atom is -0.352 e. The second kappa shape index (κ2) is 8.25. The molecule has 0 aliphatic carbocycles. The van der Waals surface area contributed by atoms with Crippen LogP contribution in [-0.2, 0) is 11.3 Å². The number of halogens is 2. The van der Waals surface area contributed by atoms with Gasteiger partial charge in [-0.25, -0.2) is 4.79 Å². The third-order valence-corrected chi connectivity index (χ3v) is 4.30. The van der Waals surface area contributed by atoms with E-state index in [2.05, 4.69) is 5.32 Å². The molecule has 0 saturated carbocycles. The van der Waals surface area contributed by atoms with Crippen molar-refractivity contribution < 1.29 is 9.59 Å². The number of amides is 3. The Labute approximate surface area is 140 Å². The molecule has 1 rings (SSSR count). The second-order valence-corrected chi connectivity index (χ2v) is 6.13. The molecular formula is C15H21Cl2N3O2. The smallest absolute Gasteiger partial charge is 0.312 e. The number of likely N-dealkylation sites (N-methyl/N-ethyl adjacent to an activating group) is 1. The van der Waals surface area contributed by atoms with E-state index in [0.717, 1.165) is 12.0 Å². The van der Waals surface area contributed by atoms with E-state index in [9.17, 15) is 9.59 Å². The first-order valence-corrected chi connectivity index (χ1v) is 7.76. The Balaban J connectivity index is 2.84. The number of hydrogen-bond donors (Lipinski definition) is 2. The highest BCUT2D eigenvalue weighted by Crippen LogP contribution is 2.23. The Morgan fingerprint density at radius 3 is 2.45 bits per heavy atom. The van der Waals surface area contributed by atoms with E-state index in [1.54, 1.807) is 25.2 Å². The first-order chi connectivity index (χ1) is 10.3. The van der Waals surface area contributed by atoms with Crippen molar-refractivity contribution in [3.63, 3.8) is 0 Å². The minimum atomic E-state index is -0.707. The van der Waals surface area contributed by atoms with E-state index in [1.807, 2.05) is 13.8 Å². The van der Waals surface area contributed by atoms with E-state index < -0.39 is 12.1 Å². The van der Waals surface area contributed by atoms with Gasteiger partial charge >= 0.3 is 6.03 Å². The maximum Gasteiger partial charge on any atom is 0.312 e. The maximum absolute atomic E-state index is 12.5. The maximum atomic E-state index is 12.5. The number of nitrogens with zero attached hydrogens (tertiary/aromatic N) is 1. The minimum absolute atomic E-state index is 0.0174. The topological polar surface area (TPSA) is 75.4 Å². The lowest BCUT2D eigenvalue weighted by molar-refractivity contribution is -0.133. The summed E-state index contributed by atoms with van der Waals surface area (Å²) in [6.07, 6.45) is 0.747. The first kappa shape index (κ1) is 18.6. The fraction of sp³-hybridized carbons (Fsp3) is 0.467. The summed E-state index contributed by atoms with van der Waals surface area (Å²) in [5.41, 5.74) is 6.01. The molecule has 3 N–H and O–H groups in total. The zero-order valence-electron chi connectivity index (χ0n) is 12.9. The Kier molecular flexibility index (Phi) is 6.97. The average Bonchev–Trinajstić information content (AvgIpc) is 2.46. The van der Waals surface area contributed by atoms with Gasteiger partial charge in [-0.05, 0) is 23.6 Å². The van der Waals surface area contributed by atoms with Crippen molar-refractivity contribution in [1.29, 1.82) is 0 Å². The molecule has 3 amide bonds. The predicted molar refractivity (Wildman–Crippen MR) is 88.9 cm³/mol. The van der Waals surface area contributed by atoms with Gasteiger partial charge in [-0.1, -0.05) is 49.5 Å². The SMILES string of the molecule is CCC(C)C(NC(N)=O)C(=O)N(C)Cc1ccc(Cl)c(Cl)c1. The van der Waals surface area contributed by atoms with Crippen LogP contribution in [0.1, 0.15) is 25.8 Å². The normalized spacial score (nSPS) is 13.3. The highest BCUT2D eigenvalue weighted by molar-refractivity contribution is 6.42. The third-order valence-electron chi connectivity index (χ3n) is 3.56. The van der Waals surface area contributed by atoms with Crippen LogP contribution in [0.4, 0.5) is 4.79 Å². The second-order valence-electron chi connectivity index (χ2n) is 5.31. The summed E-state index contributed by atoms with van der Waals surface area (Å²) >= 11 is 11.8. The van der Waals surface area contributed by atoms with Gasteiger partial charge in [0.1, 0.15) is 6.04 Å². The molecule has 1 aromatic carbocycles. The van der Waals surface area contributed by atoms with E-state index in [-0.39, 0.29) is 11.8 Å². The highest BCUT2D eigenvalue weighted by atomic mass is 35.5. The summed E-state index contributed by atoms with van der Waals surface area (Å²) in [6, 6.07) is 3.85. The Morgan fingerprint density at radius 2 is 1.95 bits per heavy atom. The predicted octanol–water partition coefficient (Wildman–Crippen LogP) is 3.03. The number of rotatable bonds is 6. The Hall–Kier alpha value is -1.46. The zero-order chi connectivity index (χ0) is 16.9. The number of carbonyl (C=O) groups excluding carboxylic acids is 2. The molecule has 22 heavy (non-hydrogen) atoms. The average molecular weight is 346 g/mol. The van der Waals surface area contributed by atoms with Crippen molar-refractivity contribution in [3.05, 3.63) is 33.8 Å². The monoisotopic (exact) mass is 345 g/mol. The van der Waals surface area contributed by atoms with Crippen LogP contribution < -0.4 is 11.1 Å². The lowest BCUT2D eigenvalue weighted by Gasteiger charge is -2.27. The number of benzene rings is 1. The van der Waals surface area contributed by atoms with Crippen LogP contribution in [0.2, 0.25) is 10.0 Å². The van der Waals surface area contributed by atoms with Crippen LogP contribution in [0.5, 0.6) is 0 Å². The molecule has 1 aromatic rings. The van der Waals surface area contributed by atoms with Crippen molar-refractivity contribution in [3.8, 4) is 0 Å². The van der Waals surface area contributed by atoms with Crippen LogP contribution in [0.15, 0.2) is 18.2 Å². The van der Waals surface area contributed by atoms with Gasteiger partial charge in [0, 0.05) is 13.6 Å². The fourth-order valence-electron chi connectivity index (χ4n) is 2.06. The lowest BCUT2D eigenvalue weighted by atomic mass is 9.98. The molecule has 2 unspecified atom stereocenters. The molecule has 0 spiro atoms. The van der Waals surface area contributed by atoms with Crippen molar-refractivity contribution >= 4 is 35.1 Å². The number of urea groups is 1. The number of nitrogens with two attached hydrogens (primary N) is 1. The zero-order valence-corrected chi connectivity index (χ0v) is 14.4. The lowest BCUT2D eigenvalue weighted by Crippen LogP contribution is -2.52. The number of primary amides is 1. The van der Waals surface area contributed by atoms with Crippen LogP contribution in [0.25, 0.3) is 0 Å². The summed E-state index contributed by atoms with van der Waals surface area (Å²) < 4.78 is 0. The third kappa shape index (κ3) is 5.07. The first-order valence-electron chi connectivity index (χ1n) is 7.01. The van der Waals surface area contributed by atoms with Crippen LogP contribution >= 0.6 is 23.2 Å². The van der Waals surface area contributed by atoms with Gasteiger partial charge in [-0.2, -0.15) is 0 Å². The van der Waals surface area contributed by atoms with Crippen molar-refractivity contribution in [2.45, 2.75) is 32.9 Å². The number of nitrogens with one attached hydrogen (secondary N) is 1. The molecule has 0 aliphatic rings. The molecule has 0 radical (unpaired) electrons. The molecule has 0 saturated heterocycles. The van der Waals surface area contributed by atoms with Crippen LogP contribution in [-0.4, -0.2) is 29.9 Å². The largest absolute Gasteiger partial charge is 0.352 e. The molecular weight excluding hydrogens is 325 g/mol. The van der Waals surface area contributed by atoms with E-state index in [0.29, 0.717) is 16.6 Å². The number of hydrogen-bond acceptors (Lipinski definition) is 2. The highest BCUT2D eigenvalue weighted by Gasteiger charge is 2.27. The van der Waals surface area contributed by atoms with Gasteiger partial charge in [0.25, 0.3) is 0 Å². The molecule has 0 bridgehead atoms. The van der Waals surface area contributed by atoms with E-state index in [4.69, 9.17) is 28.9 Å². The molecule has 2 atom stereocenters. The van der Waals surface area contributed by atoms with E-state index >= 15 is 0 Å². The molecule has 0 aliphatic heterocycles. The fourth-order valence-corrected chi connectivity index (χ4v) is 2.38. The quantitative estimate of drug-likeness (QED) is 0.831. The van der Waals surface area contributed by atoms with Gasteiger partial charge in [-0.3, -0.25) is 4.79 Å². The van der Waals surface area contributed by atoms with Crippen LogP contribution in [0, 0.1) is 5.92 Å².